The summed E-state index contributed by atoms with van der Waals surface area (Å²) in [4.78, 5) is 16.8. The van der Waals surface area contributed by atoms with E-state index in [1.54, 1.807) is 25.1 Å². The summed E-state index contributed by atoms with van der Waals surface area (Å²) in [5, 5.41) is 5.26. The van der Waals surface area contributed by atoms with Crippen LogP contribution >= 0.6 is 23.2 Å². The van der Waals surface area contributed by atoms with Gasteiger partial charge in [-0.25, -0.2) is 5.43 Å². The molecule has 0 aromatic heterocycles. The zero-order valence-corrected chi connectivity index (χ0v) is 18.3. The van der Waals surface area contributed by atoms with Crippen molar-refractivity contribution in [3.8, 4) is 0 Å². The number of nitrogens with zero attached hydrogens (tertiary/aromatic N) is 3. The minimum atomic E-state index is -0.124. The second-order valence-corrected chi connectivity index (χ2v) is 8.24. The lowest BCUT2D eigenvalue weighted by Crippen LogP contribution is -2.48. The average molecular weight is 433 g/mol. The van der Waals surface area contributed by atoms with Crippen molar-refractivity contribution in [2.45, 2.75) is 20.4 Å². The Morgan fingerprint density at radius 3 is 2.34 bits per heavy atom. The van der Waals surface area contributed by atoms with Crippen LogP contribution in [-0.4, -0.2) is 54.1 Å². The molecule has 0 aliphatic carbocycles. The third-order valence-corrected chi connectivity index (χ3v) is 5.58. The maximum Gasteiger partial charge on any atom is 0.254 e. The van der Waals surface area contributed by atoms with E-state index in [-0.39, 0.29) is 5.91 Å². The molecule has 154 valence electrons. The Kier molecular flexibility index (Phi) is 7.67. The molecule has 0 bridgehead atoms. The minimum Gasteiger partial charge on any atom is -0.297 e. The topological polar surface area (TPSA) is 47.9 Å². The summed E-state index contributed by atoms with van der Waals surface area (Å²) in [5.74, 6) is -0.124. The molecule has 0 saturated carbocycles. The first-order valence-electron chi connectivity index (χ1n) is 9.69. The molecule has 3 rings (SSSR count). The molecular weight excluding hydrogens is 407 g/mol. The number of carbonyl (C=O) groups excluding carboxylic acids is 1. The molecule has 2 aromatic rings. The number of hydrogen-bond acceptors (Lipinski definition) is 4. The first-order chi connectivity index (χ1) is 13.9. The van der Waals surface area contributed by atoms with E-state index in [0.717, 1.165) is 38.3 Å². The Labute approximate surface area is 182 Å². The van der Waals surface area contributed by atoms with Crippen molar-refractivity contribution in [1.29, 1.82) is 0 Å². The molecule has 1 amide bonds. The van der Waals surface area contributed by atoms with E-state index in [1.807, 2.05) is 0 Å². The number of amides is 1. The Morgan fingerprint density at radius 2 is 1.69 bits per heavy atom. The van der Waals surface area contributed by atoms with Crippen molar-refractivity contribution in [3.05, 3.63) is 69.2 Å². The number of carbonyl (C=O) groups is 1. The van der Waals surface area contributed by atoms with Gasteiger partial charge in [0, 0.05) is 43.3 Å². The molecule has 1 aliphatic heterocycles. The van der Waals surface area contributed by atoms with Crippen LogP contribution in [0.2, 0.25) is 10.0 Å². The summed E-state index contributed by atoms with van der Waals surface area (Å²) >= 11 is 12.1. The van der Waals surface area contributed by atoms with Crippen LogP contribution in [0.5, 0.6) is 0 Å². The maximum absolute atomic E-state index is 12.3. The van der Waals surface area contributed by atoms with Crippen molar-refractivity contribution >= 4 is 34.8 Å². The van der Waals surface area contributed by atoms with Crippen molar-refractivity contribution < 1.29 is 4.79 Å². The zero-order valence-electron chi connectivity index (χ0n) is 16.8. The molecule has 0 unspecified atom stereocenters. The molecule has 1 heterocycles. The highest BCUT2D eigenvalue weighted by Gasteiger charge is 2.19. The fraction of sp³-hybridized carbons (Fsp3) is 0.364. The average Bonchev–Trinajstić information content (AvgIpc) is 2.69. The van der Waals surface area contributed by atoms with Gasteiger partial charge in [0.25, 0.3) is 5.91 Å². The molecule has 1 N–H and O–H groups in total. The van der Waals surface area contributed by atoms with Crippen LogP contribution in [0.4, 0.5) is 0 Å². The van der Waals surface area contributed by atoms with Crippen LogP contribution in [-0.2, 0) is 11.3 Å². The van der Waals surface area contributed by atoms with Gasteiger partial charge in [0.1, 0.15) is 0 Å². The number of hydrogen-bond donors (Lipinski definition) is 1. The molecule has 0 spiro atoms. The normalized spacial score (nSPS) is 16.1. The highest BCUT2D eigenvalue weighted by Crippen LogP contribution is 2.21. The van der Waals surface area contributed by atoms with Crippen LogP contribution < -0.4 is 5.43 Å². The van der Waals surface area contributed by atoms with Crippen molar-refractivity contribution in [3.63, 3.8) is 0 Å². The van der Waals surface area contributed by atoms with E-state index in [1.165, 1.54) is 11.1 Å². The highest BCUT2D eigenvalue weighted by molar-refractivity contribution is 6.37. The van der Waals surface area contributed by atoms with Crippen LogP contribution in [0, 0.1) is 6.92 Å². The van der Waals surface area contributed by atoms with E-state index < -0.39 is 0 Å². The van der Waals surface area contributed by atoms with Crippen LogP contribution in [0.15, 0.2) is 47.6 Å². The van der Waals surface area contributed by atoms with Crippen molar-refractivity contribution in [1.82, 2.24) is 15.2 Å². The van der Waals surface area contributed by atoms with E-state index in [2.05, 4.69) is 51.5 Å². The quantitative estimate of drug-likeness (QED) is 0.554. The highest BCUT2D eigenvalue weighted by atomic mass is 35.5. The first-order valence-corrected chi connectivity index (χ1v) is 10.4. The second-order valence-electron chi connectivity index (χ2n) is 7.39. The van der Waals surface area contributed by atoms with Gasteiger partial charge in [-0.15, -0.1) is 0 Å². The third-order valence-electron chi connectivity index (χ3n) is 5.03. The van der Waals surface area contributed by atoms with Crippen LogP contribution in [0.25, 0.3) is 0 Å². The van der Waals surface area contributed by atoms with Gasteiger partial charge in [0.15, 0.2) is 0 Å². The summed E-state index contributed by atoms with van der Waals surface area (Å²) < 4.78 is 0. The van der Waals surface area contributed by atoms with Crippen molar-refractivity contribution in [2.24, 2.45) is 5.10 Å². The zero-order chi connectivity index (χ0) is 20.8. The fourth-order valence-corrected chi connectivity index (χ4v) is 3.83. The molecule has 5 nitrogen and oxygen atoms in total. The molecule has 1 fully saturated rings. The van der Waals surface area contributed by atoms with E-state index in [9.17, 15) is 4.79 Å². The Morgan fingerprint density at radius 1 is 1.03 bits per heavy atom. The summed E-state index contributed by atoms with van der Waals surface area (Å²) in [6.45, 7) is 8.82. The lowest BCUT2D eigenvalue weighted by molar-refractivity contribution is -0.122. The molecule has 2 aromatic carbocycles. The first kappa shape index (κ1) is 21.8. The summed E-state index contributed by atoms with van der Waals surface area (Å²) in [7, 11) is 0. The minimum absolute atomic E-state index is 0.124. The predicted octanol–water partition coefficient (Wildman–Crippen LogP) is 3.96. The van der Waals surface area contributed by atoms with Crippen LogP contribution in [0.1, 0.15) is 23.6 Å². The number of rotatable bonds is 6. The molecule has 29 heavy (non-hydrogen) atoms. The van der Waals surface area contributed by atoms with Gasteiger partial charge >= 0.3 is 0 Å². The lowest BCUT2D eigenvalue weighted by atomic mass is 10.1. The summed E-state index contributed by atoms with van der Waals surface area (Å²) in [6.07, 6.45) is 0. The SMILES string of the molecule is CC(=NNC(=O)CN1CCN(Cc2ccc(C)cc2)CC1)c1ccc(Cl)cc1Cl. The summed E-state index contributed by atoms with van der Waals surface area (Å²) in [6, 6.07) is 13.9. The van der Waals surface area contributed by atoms with E-state index in [4.69, 9.17) is 23.2 Å². The van der Waals surface area contributed by atoms with Gasteiger partial charge in [-0.2, -0.15) is 5.10 Å². The van der Waals surface area contributed by atoms with E-state index >= 15 is 0 Å². The molecular formula is C22H26Cl2N4O. The van der Waals surface area contributed by atoms with E-state index in [0.29, 0.717) is 22.3 Å². The second kappa shape index (κ2) is 10.2. The van der Waals surface area contributed by atoms with Gasteiger partial charge < -0.3 is 0 Å². The standard InChI is InChI=1S/C22H26Cl2N4O/c1-16-3-5-18(6-4-16)14-27-9-11-28(12-10-27)15-22(29)26-25-17(2)20-8-7-19(23)13-21(20)24/h3-8,13H,9-12,14-15H2,1-2H3,(H,26,29). The van der Waals surface area contributed by atoms with Crippen molar-refractivity contribution in [2.75, 3.05) is 32.7 Å². The predicted molar refractivity (Wildman–Crippen MR) is 120 cm³/mol. The number of hydrazone groups is 1. The Hall–Kier alpha value is -1.92. The number of aryl methyl sites for hydroxylation is 1. The van der Waals surface area contributed by atoms with Gasteiger partial charge in [-0.1, -0.05) is 59.1 Å². The third kappa shape index (κ3) is 6.54. The number of nitrogens with one attached hydrogen (secondary N) is 1. The number of halogens is 2. The van der Waals surface area contributed by atoms with Gasteiger partial charge in [0.05, 0.1) is 17.3 Å². The largest absolute Gasteiger partial charge is 0.297 e. The molecule has 0 atom stereocenters. The number of piperazine rings is 1. The molecule has 7 heteroatoms. The monoisotopic (exact) mass is 432 g/mol. The molecule has 1 saturated heterocycles. The maximum atomic E-state index is 12.3. The summed E-state index contributed by atoms with van der Waals surface area (Å²) in [5.41, 5.74) is 6.63. The van der Waals surface area contributed by atoms with Gasteiger partial charge in [0.2, 0.25) is 0 Å². The fourth-order valence-electron chi connectivity index (χ4n) is 3.28. The van der Waals surface area contributed by atoms with Crippen LogP contribution in [0.3, 0.4) is 0 Å². The Bertz CT molecular complexity index is 875. The van der Waals surface area contributed by atoms with Gasteiger partial charge in [-0.05, 0) is 31.5 Å². The smallest absolute Gasteiger partial charge is 0.254 e. The molecule has 0 radical (unpaired) electrons. The van der Waals surface area contributed by atoms with Gasteiger partial charge in [-0.3, -0.25) is 14.6 Å². The molecule has 1 aliphatic rings. The Balaban J connectivity index is 1.44. The number of benzene rings is 2. The lowest BCUT2D eigenvalue weighted by Gasteiger charge is -2.34.